The normalized spacial score (nSPS) is 13.9. The van der Waals surface area contributed by atoms with Crippen molar-refractivity contribution < 1.29 is 9.08 Å². The average molecular weight is 513 g/mol. The highest BCUT2D eigenvalue weighted by Crippen LogP contribution is 2.34. The zero-order valence-corrected chi connectivity index (χ0v) is 20.8. The quantitative estimate of drug-likeness (QED) is 0.263. The predicted molar refractivity (Wildman–Crippen MR) is 131 cm³/mol. The van der Waals surface area contributed by atoms with Crippen molar-refractivity contribution in [1.29, 1.82) is 0 Å². The Morgan fingerprint density at radius 1 is 1.12 bits per heavy atom. The second-order valence-electron chi connectivity index (χ2n) is 8.62. The average Bonchev–Trinajstić information content (AvgIpc) is 3.19. The minimum atomic E-state index is -1.31. The van der Waals surface area contributed by atoms with Crippen LogP contribution < -0.4 is 4.72 Å². The second-order valence-corrected chi connectivity index (χ2v) is 11.4. The zero-order chi connectivity index (χ0) is 22.9. The highest BCUT2D eigenvalue weighted by molar-refractivity contribution is 9.10. The summed E-state index contributed by atoms with van der Waals surface area (Å²) in [4.78, 5) is 9.37. The molecule has 32 heavy (non-hydrogen) atoms. The molecule has 0 unspecified atom stereocenters. The van der Waals surface area contributed by atoms with Gasteiger partial charge in [0.25, 0.3) is 0 Å². The number of fused-ring (bicyclic) bond motifs is 1. The van der Waals surface area contributed by atoms with Gasteiger partial charge in [-0.15, -0.1) is 4.72 Å². The SMILES string of the molecule is Cc1ccc(Br)nc1C[C@H](N[S@@+]([O-])C(C)(C)C)c1ncccc1-c1noc2ccccc12. The molecule has 1 aromatic carbocycles. The van der Waals surface area contributed by atoms with Crippen LogP contribution in [0.25, 0.3) is 22.2 Å². The van der Waals surface area contributed by atoms with Gasteiger partial charge in [-0.3, -0.25) is 4.98 Å². The maximum Gasteiger partial charge on any atom is 0.167 e. The van der Waals surface area contributed by atoms with Crippen molar-refractivity contribution in [2.24, 2.45) is 0 Å². The standard InChI is InChI=1S/C24H25BrN4O2S/c1-15-11-12-21(25)27-18(15)14-19(29-32(30)24(2,3)4)23-17(9-7-13-26-23)22-16-8-5-6-10-20(16)31-28-22/h5-13,19,29H,14H2,1-4H3/t19-,32-/m0/s1. The number of nitrogens with one attached hydrogen (secondary N) is 1. The molecule has 0 aliphatic carbocycles. The number of para-hydroxylation sites is 1. The van der Waals surface area contributed by atoms with Gasteiger partial charge >= 0.3 is 0 Å². The maximum absolute atomic E-state index is 13.1. The number of aryl methyl sites for hydroxylation is 1. The van der Waals surface area contributed by atoms with Gasteiger partial charge < -0.3 is 9.08 Å². The fourth-order valence-electron chi connectivity index (χ4n) is 3.42. The van der Waals surface area contributed by atoms with Crippen molar-refractivity contribution in [1.82, 2.24) is 19.8 Å². The van der Waals surface area contributed by atoms with Crippen LogP contribution in [0.1, 0.15) is 43.8 Å². The highest BCUT2D eigenvalue weighted by atomic mass is 79.9. The van der Waals surface area contributed by atoms with Crippen LogP contribution in [-0.4, -0.2) is 24.4 Å². The lowest BCUT2D eigenvalue weighted by molar-refractivity contribution is 0.459. The van der Waals surface area contributed by atoms with Crippen LogP contribution in [0.5, 0.6) is 0 Å². The molecule has 3 aromatic heterocycles. The molecule has 0 aliphatic heterocycles. The number of nitrogens with zero attached hydrogens (tertiary/aromatic N) is 3. The third kappa shape index (κ3) is 4.88. The first-order chi connectivity index (χ1) is 15.2. The van der Waals surface area contributed by atoms with E-state index in [0.29, 0.717) is 12.0 Å². The van der Waals surface area contributed by atoms with Crippen LogP contribution in [0.2, 0.25) is 0 Å². The molecule has 0 saturated heterocycles. The number of rotatable bonds is 6. The molecule has 2 atom stereocenters. The van der Waals surface area contributed by atoms with Crippen molar-refractivity contribution >= 4 is 38.3 Å². The van der Waals surface area contributed by atoms with Crippen LogP contribution in [0, 0.1) is 6.92 Å². The van der Waals surface area contributed by atoms with Gasteiger partial charge in [0, 0.05) is 40.6 Å². The Morgan fingerprint density at radius 2 is 1.91 bits per heavy atom. The summed E-state index contributed by atoms with van der Waals surface area (Å²) < 4.78 is 22.3. The summed E-state index contributed by atoms with van der Waals surface area (Å²) in [5, 5.41) is 5.24. The fraction of sp³-hybridized carbons (Fsp3) is 0.292. The monoisotopic (exact) mass is 512 g/mol. The molecule has 166 valence electrons. The number of aromatic nitrogens is 3. The van der Waals surface area contributed by atoms with E-state index in [0.717, 1.165) is 38.2 Å². The Bertz CT molecular complexity index is 1240. The van der Waals surface area contributed by atoms with E-state index in [1.807, 2.05) is 76.2 Å². The Labute approximate surface area is 199 Å². The topological polar surface area (TPSA) is 86.9 Å². The number of hydrogen-bond acceptors (Lipinski definition) is 6. The van der Waals surface area contributed by atoms with Gasteiger partial charge in [-0.25, -0.2) is 4.98 Å². The third-order valence-corrected chi connectivity index (χ3v) is 7.22. The molecule has 4 rings (SSSR count). The van der Waals surface area contributed by atoms with E-state index in [1.54, 1.807) is 6.20 Å². The molecule has 1 N–H and O–H groups in total. The van der Waals surface area contributed by atoms with Gasteiger partial charge in [0.05, 0.1) is 5.69 Å². The molecule has 8 heteroatoms. The summed E-state index contributed by atoms with van der Waals surface area (Å²) in [6, 6.07) is 15.2. The lowest BCUT2D eigenvalue weighted by atomic mass is 9.98. The van der Waals surface area contributed by atoms with E-state index in [4.69, 9.17) is 9.51 Å². The summed E-state index contributed by atoms with van der Waals surface area (Å²) in [5.41, 5.74) is 5.00. The van der Waals surface area contributed by atoms with Gasteiger partial charge in [0.1, 0.15) is 21.1 Å². The first-order valence-electron chi connectivity index (χ1n) is 10.3. The summed E-state index contributed by atoms with van der Waals surface area (Å²) >= 11 is 2.16. The van der Waals surface area contributed by atoms with Gasteiger partial charge in [-0.1, -0.05) is 23.4 Å². The van der Waals surface area contributed by atoms with Gasteiger partial charge in [-0.05, 0) is 79.5 Å². The lowest BCUT2D eigenvalue weighted by Crippen LogP contribution is -2.42. The Morgan fingerprint density at radius 3 is 2.69 bits per heavy atom. The van der Waals surface area contributed by atoms with E-state index >= 15 is 0 Å². The summed E-state index contributed by atoms with van der Waals surface area (Å²) in [6.07, 6.45) is 2.27. The van der Waals surface area contributed by atoms with Crippen LogP contribution in [0.3, 0.4) is 0 Å². The molecule has 0 radical (unpaired) electrons. The summed E-state index contributed by atoms with van der Waals surface area (Å²) in [6.45, 7) is 7.86. The van der Waals surface area contributed by atoms with Crippen LogP contribution in [-0.2, 0) is 17.8 Å². The summed E-state index contributed by atoms with van der Waals surface area (Å²) in [7, 11) is 0. The van der Waals surface area contributed by atoms with Crippen LogP contribution in [0.15, 0.2) is 63.9 Å². The molecule has 6 nitrogen and oxygen atoms in total. The minimum Gasteiger partial charge on any atom is -0.598 e. The molecule has 3 heterocycles. The predicted octanol–water partition coefficient (Wildman–Crippen LogP) is 5.69. The van der Waals surface area contributed by atoms with E-state index in [-0.39, 0.29) is 6.04 Å². The van der Waals surface area contributed by atoms with Crippen molar-refractivity contribution in [3.05, 3.63) is 76.3 Å². The van der Waals surface area contributed by atoms with Crippen molar-refractivity contribution in [2.45, 2.75) is 44.9 Å². The molecular weight excluding hydrogens is 488 g/mol. The van der Waals surface area contributed by atoms with E-state index < -0.39 is 16.1 Å². The first kappa shape index (κ1) is 22.9. The Kier molecular flexibility index (Phi) is 6.67. The molecule has 0 bridgehead atoms. The zero-order valence-electron chi connectivity index (χ0n) is 18.4. The van der Waals surface area contributed by atoms with Crippen molar-refractivity contribution in [3.63, 3.8) is 0 Å². The first-order valence-corrected chi connectivity index (χ1v) is 12.3. The van der Waals surface area contributed by atoms with E-state index in [1.165, 1.54) is 0 Å². The Hall–Kier alpha value is -2.26. The molecule has 4 aromatic rings. The van der Waals surface area contributed by atoms with Crippen LogP contribution in [0.4, 0.5) is 0 Å². The molecular formula is C24H25BrN4O2S. The summed E-state index contributed by atoms with van der Waals surface area (Å²) in [5.74, 6) is 0. The Balaban J connectivity index is 1.82. The second kappa shape index (κ2) is 9.31. The number of benzene rings is 1. The molecule has 0 saturated carbocycles. The maximum atomic E-state index is 13.1. The molecule has 0 spiro atoms. The van der Waals surface area contributed by atoms with Gasteiger partial charge in [0.2, 0.25) is 0 Å². The third-order valence-electron chi connectivity index (χ3n) is 5.17. The molecule has 0 aliphatic rings. The fourth-order valence-corrected chi connectivity index (χ4v) is 4.57. The molecule has 0 fully saturated rings. The van der Waals surface area contributed by atoms with Gasteiger partial charge in [-0.2, -0.15) is 0 Å². The van der Waals surface area contributed by atoms with E-state index in [9.17, 15) is 4.55 Å². The van der Waals surface area contributed by atoms with E-state index in [2.05, 4.69) is 30.8 Å². The van der Waals surface area contributed by atoms with Crippen molar-refractivity contribution in [3.8, 4) is 11.3 Å². The van der Waals surface area contributed by atoms with Crippen LogP contribution >= 0.6 is 15.9 Å². The largest absolute Gasteiger partial charge is 0.598 e. The molecule has 0 amide bonds. The smallest absolute Gasteiger partial charge is 0.167 e. The van der Waals surface area contributed by atoms with Gasteiger partial charge in [0.15, 0.2) is 5.58 Å². The highest BCUT2D eigenvalue weighted by Gasteiger charge is 2.32. The lowest BCUT2D eigenvalue weighted by Gasteiger charge is -2.28. The van der Waals surface area contributed by atoms with Crippen molar-refractivity contribution in [2.75, 3.05) is 0 Å². The minimum absolute atomic E-state index is 0.345. The number of hydrogen-bond donors (Lipinski definition) is 1. The number of halogens is 1. The number of pyridine rings is 2.